The van der Waals surface area contributed by atoms with Crippen molar-refractivity contribution in [2.75, 3.05) is 13.7 Å². The summed E-state index contributed by atoms with van der Waals surface area (Å²) in [6, 6.07) is 0. The van der Waals surface area contributed by atoms with Gasteiger partial charge in [-0.1, -0.05) is 13.8 Å². The van der Waals surface area contributed by atoms with Gasteiger partial charge in [0.15, 0.2) is 0 Å². The molecule has 0 heterocycles. The topological polar surface area (TPSA) is 38.3 Å². The summed E-state index contributed by atoms with van der Waals surface area (Å²) in [6.07, 6.45) is 8.60. The number of carbonyl (C=O) groups excluding carboxylic acids is 1. The molecular weight excluding hydrogens is 262 g/mol. The van der Waals surface area contributed by atoms with E-state index >= 15 is 0 Å². The molecule has 0 aromatic carbocycles. The molecule has 1 N–H and O–H groups in total. The summed E-state index contributed by atoms with van der Waals surface area (Å²) in [5.74, 6) is 3.60. The maximum Gasteiger partial charge on any atom is 0.223 e. The smallest absolute Gasteiger partial charge is 0.223 e. The number of carbonyl (C=O) groups is 1. The van der Waals surface area contributed by atoms with Crippen molar-refractivity contribution >= 4 is 5.91 Å². The van der Waals surface area contributed by atoms with Crippen LogP contribution in [-0.4, -0.2) is 25.2 Å². The number of ether oxygens (including phenoxy) is 1. The van der Waals surface area contributed by atoms with Crippen LogP contribution in [0.5, 0.6) is 0 Å². The van der Waals surface area contributed by atoms with Gasteiger partial charge in [0.2, 0.25) is 5.91 Å². The van der Waals surface area contributed by atoms with E-state index in [1.54, 1.807) is 0 Å². The van der Waals surface area contributed by atoms with E-state index in [1.165, 1.54) is 32.1 Å². The van der Waals surface area contributed by atoms with E-state index in [1.807, 2.05) is 7.11 Å². The zero-order valence-corrected chi connectivity index (χ0v) is 13.9. The van der Waals surface area contributed by atoms with Crippen LogP contribution in [0, 0.1) is 29.6 Å². The Kier molecular flexibility index (Phi) is 4.31. The number of rotatable bonds is 6. The number of methoxy groups -OCH3 is 1. The summed E-state index contributed by atoms with van der Waals surface area (Å²) < 4.78 is 6.10. The van der Waals surface area contributed by atoms with Gasteiger partial charge in [-0.2, -0.15) is 0 Å². The van der Waals surface area contributed by atoms with E-state index in [4.69, 9.17) is 4.74 Å². The third-order valence-corrected chi connectivity index (χ3v) is 6.80. The largest absolute Gasteiger partial charge is 0.376 e. The molecule has 4 aliphatic carbocycles. The molecular formula is C18H31NO2. The van der Waals surface area contributed by atoms with Gasteiger partial charge >= 0.3 is 0 Å². The maximum atomic E-state index is 12.3. The molecule has 3 heteroatoms. The highest BCUT2D eigenvalue weighted by molar-refractivity contribution is 5.78. The minimum Gasteiger partial charge on any atom is -0.376 e. The zero-order chi connectivity index (χ0) is 15.0. The first-order chi connectivity index (χ1) is 10.1. The van der Waals surface area contributed by atoms with Crippen molar-refractivity contribution in [2.45, 2.75) is 64.4 Å². The van der Waals surface area contributed by atoms with Crippen molar-refractivity contribution in [1.29, 1.82) is 0 Å². The van der Waals surface area contributed by atoms with Crippen LogP contribution in [0.15, 0.2) is 0 Å². The lowest BCUT2D eigenvalue weighted by molar-refractivity contribution is -0.188. The molecule has 1 amide bonds. The lowest BCUT2D eigenvalue weighted by Crippen LogP contribution is -2.63. The van der Waals surface area contributed by atoms with Crippen LogP contribution in [0.3, 0.4) is 0 Å². The van der Waals surface area contributed by atoms with Gasteiger partial charge in [0.25, 0.3) is 0 Å². The van der Waals surface area contributed by atoms with Crippen LogP contribution in [-0.2, 0) is 9.53 Å². The van der Waals surface area contributed by atoms with Gasteiger partial charge in [-0.25, -0.2) is 0 Å². The molecule has 0 saturated heterocycles. The molecule has 4 bridgehead atoms. The van der Waals surface area contributed by atoms with Crippen molar-refractivity contribution in [3.63, 3.8) is 0 Å². The van der Waals surface area contributed by atoms with Crippen LogP contribution in [0.25, 0.3) is 0 Å². The van der Waals surface area contributed by atoms with Gasteiger partial charge < -0.3 is 10.1 Å². The molecule has 0 radical (unpaired) electrons. The molecule has 0 unspecified atom stereocenters. The minimum absolute atomic E-state index is 0.0743. The van der Waals surface area contributed by atoms with E-state index in [9.17, 15) is 4.79 Å². The molecule has 0 aliphatic heterocycles. The Morgan fingerprint density at radius 3 is 2.05 bits per heavy atom. The van der Waals surface area contributed by atoms with Crippen molar-refractivity contribution in [3.05, 3.63) is 0 Å². The van der Waals surface area contributed by atoms with Gasteiger partial charge in [0, 0.05) is 19.6 Å². The first kappa shape index (κ1) is 15.3. The molecule has 0 aromatic rings. The first-order valence-electron chi connectivity index (χ1n) is 8.95. The molecule has 4 fully saturated rings. The Labute approximate surface area is 129 Å². The van der Waals surface area contributed by atoms with Gasteiger partial charge in [-0.3, -0.25) is 4.79 Å². The number of nitrogens with one attached hydrogen (secondary N) is 1. The quantitative estimate of drug-likeness (QED) is 0.815. The Morgan fingerprint density at radius 1 is 1.10 bits per heavy atom. The second-order valence-electron chi connectivity index (χ2n) is 7.69. The van der Waals surface area contributed by atoms with E-state index in [0.29, 0.717) is 11.8 Å². The molecule has 3 nitrogen and oxygen atoms in total. The van der Waals surface area contributed by atoms with E-state index in [-0.39, 0.29) is 17.4 Å². The molecule has 0 aromatic heterocycles. The summed E-state index contributed by atoms with van der Waals surface area (Å²) in [7, 11) is 1.87. The SMILES string of the molecule is CCC(CC)C(=O)NCC1(OC)C2CC3CC(C2)CC1C3. The fraction of sp³-hybridized carbons (Fsp3) is 0.944. The normalized spacial score (nSPS) is 40.8. The Morgan fingerprint density at radius 2 is 1.62 bits per heavy atom. The highest BCUT2D eigenvalue weighted by Gasteiger charge is 2.57. The van der Waals surface area contributed by atoms with E-state index in [0.717, 1.165) is 31.2 Å². The van der Waals surface area contributed by atoms with Crippen LogP contribution >= 0.6 is 0 Å². The first-order valence-corrected chi connectivity index (χ1v) is 8.95. The van der Waals surface area contributed by atoms with Crippen molar-refractivity contribution in [2.24, 2.45) is 29.6 Å². The second kappa shape index (κ2) is 5.91. The summed E-state index contributed by atoms with van der Waals surface area (Å²) in [4.78, 5) is 12.3. The summed E-state index contributed by atoms with van der Waals surface area (Å²) in [5.41, 5.74) is -0.0743. The van der Waals surface area contributed by atoms with Gasteiger partial charge in [0.1, 0.15) is 0 Å². The van der Waals surface area contributed by atoms with Crippen LogP contribution in [0.4, 0.5) is 0 Å². The monoisotopic (exact) mass is 293 g/mol. The Balaban J connectivity index is 1.68. The Bertz CT molecular complexity index is 361. The molecule has 21 heavy (non-hydrogen) atoms. The van der Waals surface area contributed by atoms with E-state index in [2.05, 4.69) is 19.2 Å². The molecule has 4 rings (SSSR count). The number of amides is 1. The predicted octanol–water partition coefficient (Wildman–Crippen LogP) is 3.38. The number of hydrogen-bond acceptors (Lipinski definition) is 2. The van der Waals surface area contributed by atoms with Crippen molar-refractivity contribution in [3.8, 4) is 0 Å². The number of hydrogen-bond donors (Lipinski definition) is 1. The lowest BCUT2D eigenvalue weighted by Gasteiger charge is -2.60. The summed E-state index contributed by atoms with van der Waals surface area (Å²) >= 11 is 0. The van der Waals surface area contributed by atoms with Gasteiger partial charge in [-0.05, 0) is 68.6 Å². The molecule has 0 spiro atoms. The maximum absolute atomic E-state index is 12.3. The van der Waals surface area contributed by atoms with Crippen molar-refractivity contribution in [1.82, 2.24) is 5.32 Å². The highest BCUT2D eigenvalue weighted by atomic mass is 16.5. The predicted molar refractivity (Wildman–Crippen MR) is 83.9 cm³/mol. The highest BCUT2D eigenvalue weighted by Crippen LogP contribution is 2.59. The fourth-order valence-corrected chi connectivity index (χ4v) is 5.71. The van der Waals surface area contributed by atoms with Gasteiger partial charge in [-0.15, -0.1) is 0 Å². The molecule has 120 valence electrons. The third-order valence-electron chi connectivity index (χ3n) is 6.80. The molecule has 4 saturated carbocycles. The molecule has 4 aliphatic rings. The van der Waals surface area contributed by atoms with E-state index < -0.39 is 0 Å². The standard InChI is InChI=1S/C18H31NO2/c1-4-14(5-2)17(20)19-11-18(21-3)15-7-12-6-13(9-15)10-16(18)8-12/h12-16H,4-11H2,1-3H3,(H,19,20). The average Bonchev–Trinajstić information content (AvgIpc) is 2.48. The molecule has 0 atom stereocenters. The van der Waals surface area contributed by atoms with Crippen LogP contribution in [0.1, 0.15) is 58.8 Å². The minimum atomic E-state index is -0.0743. The Hall–Kier alpha value is -0.570. The summed E-state index contributed by atoms with van der Waals surface area (Å²) in [5, 5.41) is 3.24. The fourth-order valence-electron chi connectivity index (χ4n) is 5.71. The lowest BCUT2D eigenvalue weighted by atomic mass is 9.49. The van der Waals surface area contributed by atoms with Crippen LogP contribution in [0.2, 0.25) is 0 Å². The summed E-state index contributed by atoms with van der Waals surface area (Å²) in [6.45, 7) is 4.93. The third kappa shape index (κ3) is 2.52. The van der Waals surface area contributed by atoms with Crippen molar-refractivity contribution < 1.29 is 9.53 Å². The zero-order valence-electron chi connectivity index (χ0n) is 13.9. The second-order valence-corrected chi connectivity index (χ2v) is 7.69. The average molecular weight is 293 g/mol. The van der Waals surface area contributed by atoms with Crippen LogP contribution < -0.4 is 5.32 Å². The van der Waals surface area contributed by atoms with Gasteiger partial charge in [0.05, 0.1) is 5.60 Å².